The molecule has 22 heavy (non-hydrogen) atoms. The molecule has 1 aliphatic rings. The Morgan fingerprint density at radius 3 is 2.55 bits per heavy atom. The molecule has 1 unspecified atom stereocenters. The number of benzene rings is 1. The van der Waals surface area contributed by atoms with Gasteiger partial charge in [-0.2, -0.15) is 0 Å². The van der Waals surface area contributed by atoms with Crippen molar-refractivity contribution >= 4 is 40.9 Å². The predicted octanol–water partition coefficient (Wildman–Crippen LogP) is -0.00760. The summed E-state index contributed by atoms with van der Waals surface area (Å²) in [5, 5.41) is 7.65. The molecule has 0 radical (unpaired) electrons. The first-order valence-corrected chi connectivity index (χ1v) is 6.97. The topological polar surface area (TPSA) is 111 Å². The average Bonchev–Trinajstić information content (AvgIpc) is 2.82. The third-order valence-electron chi connectivity index (χ3n) is 2.87. The number of para-hydroxylation sites is 1. The zero-order chi connectivity index (χ0) is 15.9. The van der Waals surface area contributed by atoms with Crippen LogP contribution in [0, 0.1) is 0 Å². The lowest BCUT2D eigenvalue weighted by Crippen LogP contribution is -2.44. The number of hydrogen-bond donors (Lipinski definition) is 5. The van der Waals surface area contributed by atoms with Gasteiger partial charge < -0.3 is 10.6 Å². The average molecular weight is 321 g/mol. The molecule has 0 saturated carbocycles. The van der Waals surface area contributed by atoms with Gasteiger partial charge in [-0.1, -0.05) is 18.2 Å². The van der Waals surface area contributed by atoms with Crippen LogP contribution in [0.3, 0.4) is 0 Å². The van der Waals surface area contributed by atoms with Gasteiger partial charge in [-0.15, -0.1) is 0 Å². The second-order valence-corrected chi connectivity index (χ2v) is 4.96. The summed E-state index contributed by atoms with van der Waals surface area (Å²) in [6, 6.07) is 8.03. The van der Waals surface area contributed by atoms with Crippen molar-refractivity contribution < 1.29 is 14.4 Å². The maximum absolute atomic E-state index is 11.6. The van der Waals surface area contributed by atoms with Gasteiger partial charge in [-0.05, 0) is 30.8 Å². The van der Waals surface area contributed by atoms with E-state index in [1.54, 1.807) is 0 Å². The number of thiocarbonyl (C=S) groups is 1. The summed E-state index contributed by atoms with van der Waals surface area (Å²) < 4.78 is 0. The normalized spacial score (nSPS) is 16.5. The van der Waals surface area contributed by atoms with Crippen molar-refractivity contribution in [2.24, 2.45) is 0 Å². The van der Waals surface area contributed by atoms with E-state index in [2.05, 4.69) is 26.8 Å². The van der Waals surface area contributed by atoms with E-state index in [1.807, 2.05) is 30.3 Å². The van der Waals surface area contributed by atoms with Crippen LogP contribution in [-0.2, 0) is 9.59 Å². The highest BCUT2D eigenvalue weighted by Crippen LogP contribution is 2.04. The monoisotopic (exact) mass is 321 g/mol. The molecule has 2 rings (SSSR count). The standard InChI is InChI=1S/C13H15N5O3S/c19-10(7-6-9-11(20)16-12(21)15-9)17-18-13(22)14-8-4-2-1-3-5-8/h1-5,9H,6-7H2,(H,17,19)(H2,14,18,22)(H2,15,16,20,21). The lowest BCUT2D eigenvalue weighted by atomic mass is 10.1. The molecule has 0 bridgehead atoms. The summed E-state index contributed by atoms with van der Waals surface area (Å²) in [6.07, 6.45) is 0.281. The SMILES string of the molecule is O=C(CCC1NC(=O)NC1=O)NNC(=S)Nc1ccccc1. The van der Waals surface area contributed by atoms with Crippen molar-refractivity contribution in [2.45, 2.75) is 18.9 Å². The van der Waals surface area contributed by atoms with Crippen LogP contribution in [0.2, 0.25) is 0 Å². The maximum Gasteiger partial charge on any atom is 0.322 e. The lowest BCUT2D eigenvalue weighted by Gasteiger charge is -2.12. The summed E-state index contributed by atoms with van der Waals surface area (Å²) in [6.45, 7) is 0. The molecule has 116 valence electrons. The predicted molar refractivity (Wildman–Crippen MR) is 83.6 cm³/mol. The Morgan fingerprint density at radius 1 is 1.18 bits per heavy atom. The molecule has 0 spiro atoms. The van der Waals surface area contributed by atoms with Crippen molar-refractivity contribution in [1.29, 1.82) is 0 Å². The zero-order valence-electron chi connectivity index (χ0n) is 11.5. The van der Waals surface area contributed by atoms with Crippen LogP contribution in [0.1, 0.15) is 12.8 Å². The molecule has 0 aromatic heterocycles. The first-order chi connectivity index (χ1) is 10.5. The van der Waals surface area contributed by atoms with Crippen LogP contribution in [0.4, 0.5) is 10.5 Å². The summed E-state index contributed by atoms with van der Waals surface area (Å²) in [4.78, 5) is 33.8. The molecule has 0 aliphatic carbocycles. The van der Waals surface area contributed by atoms with E-state index in [-0.39, 0.29) is 23.9 Å². The first kappa shape index (κ1) is 15.7. The zero-order valence-corrected chi connectivity index (χ0v) is 12.3. The van der Waals surface area contributed by atoms with Crippen molar-refractivity contribution in [3.05, 3.63) is 30.3 Å². The van der Waals surface area contributed by atoms with Gasteiger partial charge in [0.2, 0.25) is 5.91 Å². The van der Waals surface area contributed by atoms with E-state index in [0.29, 0.717) is 0 Å². The lowest BCUT2D eigenvalue weighted by molar-refractivity contribution is -0.122. The molecule has 4 amide bonds. The molecular formula is C13H15N5O3S. The van der Waals surface area contributed by atoms with Crippen LogP contribution in [-0.4, -0.2) is 29.0 Å². The number of imide groups is 1. The minimum Gasteiger partial charge on any atom is -0.331 e. The number of carbonyl (C=O) groups excluding carboxylic acids is 3. The van der Waals surface area contributed by atoms with Crippen LogP contribution in [0.25, 0.3) is 0 Å². The van der Waals surface area contributed by atoms with Gasteiger partial charge in [0.25, 0.3) is 5.91 Å². The second-order valence-electron chi connectivity index (χ2n) is 4.55. The van der Waals surface area contributed by atoms with E-state index < -0.39 is 18.0 Å². The number of hydrazine groups is 1. The van der Waals surface area contributed by atoms with Crippen LogP contribution >= 0.6 is 12.2 Å². The Kier molecular flexibility index (Phi) is 5.26. The summed E-state index contributed by atoms with van der Waals surface area (Å²) in [7, 11) is 0. The Labute approximate surface area is 132 Å². The molecule has 1 aromatic rings. The van der Waals surface area contributed by atoms with Gasteiger partial charge >= 0.3 is 6.03 Å². The van der Waals surface area contributed by atoms with E-state index in [9.17, 15) is 14.4 Å². The third kappa shape index (κ3) is 4.70. The van der Waals surface area contributed by atoms with E-state index in [0.717, 1.165) is 5.69 Å². The summed E-state index contributed by atoms with van der Waals surface area (Å²) in [5.41, 5.74) is 5.77. The Bertz CT molecular complexity index is 593. The fourth-order valence-electron chi connectivity index (χ4n) is 1.81. The van der Waals surface area contributed by atoms with Gasteiger partial charge in [0.05, 0.1) is 0 Å². The third-order valence-corrected chi connectivity index (χ3v) is 3.07. The largest absolute Gasteiger partial charge is 0.331 e. The minimum absolute atomic E-state index is 0.0688. The van der Waals surface area contributed by atoms with Crippen molar-refractivity contribution in [3.63, 3.8) is 0 Å². The molecule has 1 aliphatic heterocycles. The molecule has 1 fully saturated rings. The quantitative estimate of drug-likeness (QED) is 0.303. The number of urea groups is 1. The van der Waals surface area contributed by atoms with Crippen LogP contribution in [0.15, 0.2) is 30.3 Å². The van der Waals surface area contributed by atoms with Crippen LogP contribution < -0.4 is 26.8 Å². The molecule has 1 aromatic carbocycles. The van der Waals surface area contributed by atoms with Gasteiger partial charge in [-0.25, -0.2) is 4.79 Å². The number of amides is 4. The maximum atomic E-state index is 11.6. The molecule has 9 heteroatoms. The smallest absolute Gasteiger partial charge is 0.322 e. The minimum atomic E-state index is -0.673. The van der Waals surface area contributed by atoms with Gasteiger partial charge in [0, 0.05) is 12.1 Å². The molecule has 1 saturated heterocycles. The molecule has 8 nitrogen and oxygen atoms in total. The summed E-state index contributed by atoms with van der Waals surface area (Å²) in [5.74, 6) is -0.766. The van der Waals surface area contributed by atoms with E-state index in [1.165, 1.54) is 0 Å². The van der Waals surface area contributed by atoms with Gasteiger partial charge in [0.1, 0.15) is 6.04 Å². The fraction of sp³-hybridized carbons (Fsp3) is 0.231. The van der Waals surface area contributed by atoms with Crippen LogP contribution in [0.5, 0.6) is 0 Å². The first-order valence-electron chi connectivity index (χ1n) is 6.57. The Morgan fingerprint density at radius 2 is 1.91 bits per heavy atom. The van der Waals surface area contributed by atoms with Crippen molar-refractivity contribution in [3.8, 4) is 0 Å². The fourth-order valence-corrected chi connectivity index (χ4v) is 1.98. The van der Waals surface area contributed by atoms with E-state index >= 15 is 0 Å². The molecule has 5 N–H and O–H groups in total. The van der Waals surface area contributed by atoms with Crippen molar-refractivity contribution in [2.75, 3.05) is 5.32 Å². The highest BCUT2D eigenvalue weighted by atomic mass is 32.1. The number of rotatable bonds is 4. The van der Waals surface area contributed by atoms with Crippen molar-refractivity contribution in [1.82, 2.24) is 21.5 Å². The molecule has 1 atom stereocenters. The van der Waals surface area contributed by atoms with Gasteiger partial charge in [-0.3, -0.25) is 25.8 Å². The second kappa shape index (κ2) is 7.36. The van der Waals surface area contributed by atoms with E-state index in [4.69, 9.17) is 12.2 Å². The number of carbonyl (C=O) groups is 3. The number of hydrogen-bond acceptors (Lipinski definition) is 4. The number of anilines is 1. The highest BCUT2D eigenvalue weighted by molar-refractivity contribution is 7.80. The Hall–Kier alpha value is -2.68. The highest BCUT2D eigenvalue weighted by Gasteiger charge is 2.29. The summed E-state index contributed by atoms with van der Waals surface area (Å²) >= 11 is 5.02. The Balaban J connectivity index is 1.66. The van der Waals surface area contributed by atoms with Gasteiger partial charge in [0.15, 0.2) is 5.11 Å². The molecular weight excluding hydrogens is 306 g/mol. The molecule has 1 heterocycles. The number of nitrogens with one attached hydrogen (secondary N) is 5.